The number of nitrogens with zero attached hydrogens (tertiary/aromatic N) is 4. The van der Waals surface area contributed by atoms with Gasteiger partial charge in [-0.05, 0) is 17.0 Å². The number of aliphatic hydroxyl groups excluding tert-OH is 1. The zero-order valence-corrected chi connectivity index (χ0v) is 16.4. The van der Waals surface area contributed by atoms with Gasteiger partial charge >= 0.3 is 0 Å². The number of aryl methyl sites for hydroxylation is 1. The number of imidazole rings is 1. The van der Waals surface area contributed by atoms with Crippen molar-refractivity contribution in [3.8, 4) is 0 Å². The number of piperazine rings is 1. The zero-order valence-electron chi connectivity index (χ0n) is 15.6. The lowest BCUT2D eigenvalue weighted by Crippen LogP contribution is -2.49. The number of aliphatic hydroxyl groups is 1. The highest BCUT2D eigenvalue weighted by Gasteiger charge is 2.29. The van der Waals surface area contributed by atoms with Crippen LogP contribution in [0.25, 0.3) is 0 Å². The van der Waals surface area contributed by atoms with Gasteiger partial charge in [0.05, 0.1) is 6.04 Å². The molecule has 1 N–H and O–H groups in total. The van der Waals surface area contributed by atoms with Crippen LogP contribution >= 0.6 is 11.3 Å². The molecule has 1 fully saturated rings. The number of thiophene rings is 1. The highest BCUT2D eigenvalue weighted by molar-refractivity contribution is 7.10. The lowest BCUT2D eigenvalue weighted by atomic mass is 10.0. The van der Waals surface area contributed by atoms with Crippen molar-refractivity contribution < 1.29 is 5.11 Å². The van der Waals surface area contributed by atoms with Crippen LogP contribution in [0.15, 0.2) is 60.2 Å². The summed E-state index contributed by atoms with van der Waals surface area (Å²) in [5.74, 6) is 1.08. The summed E-state index contributed by atoms with van der Waals surface area (Å²) >= 11 is 1.62. The highest BCUT2D eigenvalue weighted by atomic mass is 32.1. The van der Waals surface area contributed by atoms with Crippen LogP contribution < -0.4 is 0 Å². The fourth-order valence-electron chi connectivity index (χ4n) is 3.82. The van der Waals surface area contributed by atoms with Gasteiger partial charge in [0.2, 0.25) is 0 Å². The number of benzene rings is 1. The van der Waals surface area contributed by atoms with E-state index in [-0.39, 0.29) is 6.04 Å². The molecular formula is C21H26N4OS. The first kappa shape index (κ1) is 18.4. The van der Waals surface area contributed by atoms with Crippen molar-refractivity contribution in [2.24, 2.45) is 7.05 Å². The van der Waals surface area contributed by atoms with Crippen LogP contribution in [-0.2, 0) is 7.05 Å². The van der Waals surface area contributed by atoms with Crippen molar-refractivity contribution in [1.29, 1.82) is 0 Å². The third-order valence-electron chi connectivity index (χ3n) is 5.29. The van der Waals surface area contributed by atoms with Crippen LogP contribution in [0.1, 0.15) is 28.4 Å². The predicted molar refractivity (Wildman–Crippen MR) is 109 cm³/mol. The molecule has 0 saturated carbocycles. The van der Waals surface area contributed by atoms with Gasteiger partial charge in [0.15, 0.2) is 0 Å². The molecule has 6 heteroatoms. The van der Waals surface area contributed by atoms with Crippen molar-refractivity contribution in [3.05, 3.63) is 76.5 Å². The van der Waals surface area contributed by atoms with Crippen LogP contribution in [0.5, 0.6) is 0 Å². The Morgan fingerprint density at radius 3 is 2.48 bits per heavy atom. The second-order valence-corrected chi connectivity index (χ2v) is 8.06. The molecular weight excluding hydrogens is 356 g/mol. The smallest absolute Gasteiger partial charge is 0.130 e. The van der Waals surface area contributed by atoms with Gasteiger partial charge in [-0.2, -0.15) is 0 Å². The van der Waals surface area contributed by atoms with E-state index in [1.165, 1.54) is 5.56 Å². The fourth-order valence-corrected chi connectivity index (χ4v) is 4.52. The normalized spacial score (nSPS) is 18.4. The molecule has 0 radical (unpaired) electrons. The lowest BCUT2D eigenvalue weighted by molar-refractivity contribution is 0.0618. The first-order chi connectivity index (χ1) is 13.2. The molecule has 2 unspecified atom stereocenters. The SMILES string of the molecule is Cn1ccnc1C(c1ccccc1)N1CCN(CC(O)c2cccs2)CC1. The molecule has 1 aliphatic heterocycles. The second kappa shape index (κ2) is 8.35. The molecule has 1 aromatic carbocycles. The van der Waals surface area contributed by atoms with E-state index < -0.39 is 6.10 Å². The average Bonchev–Trinajstić information content (AvgIpc) is 3.37. The molecule has 3 aromatic rings. The van der Waals surface area contributed by atoms with Crippen LogP contribution in [0.4, 0.5) is 0 Å². The molecule has 0 bridgehead atoms. The number of rotatable bonds is 6. The molecule has 4 rings (SSSR count). The summed E-state index contributed by atoms with van der Waals surface area (Å²) in [5.41, 5.74) is 1.28. The van der Waals surface area contributed by atoms with Gasteiger partial charge in [0.1, 0.15) is 11.9 Å². The minimum absolute atomic E-state index is 0.163. The maximum atomic E-state index is 10.4. The first-order valence-electron chi connectivity index (χ1n) is 9.42. The van der Waals surface area contributed by atoms with Gasteiger partial charge < -0.3 is 9.67 Å². The molecule has 2 aromatic heterocycles. The van der Waals surface area contributed by atoms with Crippen molar-refractivity contribution in [1.82, 2.24) is 19.4 Å². The van der Waals surface area contributed by atoms with Gasteiger partial charge in [-0.3, -0.25) is 9.80 Å². The van der Waals surface area contributed by atoms with E-state index in [0.29, 0.717) is 6.54 Å². The maximum Gasteiger partial charge on any atom is 0.130 e. The molecule has 1 saturated heterocycles. The third kappa shape index (κ3) is 4.14. The van der Waals surface area contributed by atoms with E-state index in [1.807, 2.05) is 29.9 Å². The Morgan fingerprint density at radius 2 is 1.85 bits per heavy atom. The van der Waals surface area contributed by atoms with Crippen molar-refractivity contribution in [2.45, 2.75) is 12.1 Å². The number of β-amino-alcohol motifs (C(OH)–C–C–N with tert-alkyl or cyclic N) is 1. The standard InChI is InChI=1S/C21H26N4OS/c1-23-10-9-22-21(23)20(17-6-3-2-4-7-17)25-13-11-24(12-14-25)16-18(26)19-8-5-15-27-19/h2-10,15,18,20,26H,11-14,16H2,1H3. The van der Waals surface area contributed by atoms with E-state index in [2.05, 4.69) is 56.7 Å². The van der Waals surface area contributed by atoms with Crippen molar-refractivity contribution >= 4 is 11.3 Å². The summed E-state index contributed by atoms with van der Waals surface area (Å²) < 4.78 is 2.12. The van der Waals surface area contributed by atoms with Crippen molar-refractivity contribution in [3.63, 3.8) is 0 Å². The molecule has 0 amide bonds. The maximum absolute atomic E-state index is 10.4. The van der Waals surface area contributed by atoms with Crippen LogP contribution in [0.3, 0.4) is 0 Å². The Bertz CT molecular complexity index is 825. The second-order valence-electron chi connectivity index (χ2n) is 7.08. The van der Waals surface area contributed by atoms with E-state index in [4.69, 9.17) is 0 Å². The predicted octanol–water partition coefficient (Wildman–Crippen LogP) is 2.92. The lowest BCUT2D eigenvalue weighted by Gasteiger charge is -2.39. The minimum Gasteiger partial charge on any atom is -0.386 e. The topological polar surface area (TPSA) is 44.5 Å². The zero-order chi connectivity index (χ0) is 18.6. The van der Waals surface area contributed by atoms with Gasteiger partial charge in [0.25, 0.3) is 0 Å². The van der Waals surface area contributed by atoms with Crippen LogP contribution in [-0.4, -0.2) is 57.2 Å². The number of aromatic nitrogens is 2. The first-order valence-corrected chi connectivity index (χ1v) is 10.3. The van der Waals surface area contributed by atoms with Gasteiger partial charge in [-0.25, -0.2) is 4.98 Å². The largest absolute Gasteiger partial charge is 0.386 e. The Hall–Kier alpha value is -1.99. The van der Waals surface area contributed by atoms with Gasteiger partial charge in [-0.1, -0.05) is 36.4 Å². The highest BCUT2D eigenvalue weighted by Crippen LogP contribution is 2.29. The Labute approximate surface area is 164 Å². The molecule has 3 heterocycles. The Kier molecular flexibility index (Phi) is 5.69. The summed E-state index contributed by atoms with van der Waals surface area (Å²) in [4.78, 5) is 10.6. The summed E-state index contributed by atoms with van der Waals surface area (Å²) in [6, 6.07) is 14.8. The van der Waals surface area contributed by atoms with Crippen LogP contribution in [0.2, 0.25) is 0 Å². The monoisotopic (exact) mass is 382 g/mol. The van der Waals surface area contributed by atoms with E-state index in [0.717, 1.165) is 36.9 Å². The van der Waals surface area contributed by atoms with E-state index in [9.17, 15) is 5.11 Å². The number of hydrogen-bond donors (Lipinski definition) is 1. The van der Waals surface area contributed by atoms with E-state index >= 15 is 0 Å². The average molecular weight is 383 g/mol. The molecule has 1 aliphatic rings. The summed E-state index contributed by atoms with van der Waals surface area (Å²) in [6.45, 7) is 4.53. The Balaban J connectivity index is 1.45. The van der Waals surface area contributed by atoms with E-state index in [1.54, 1.807) is 11.3 Å². The quantitative estimate of drug-likeness (QED) is 0.712. The van der Waals surface area contributed by atoms with Crippen molar-refractivity contribution in [2.75, 3.05) is 32.7 Å². The fraction of sp³-hybridized carbons (Fsp3) is 0.381. The van der Waals surface area contributed by atoms with Gasteiger partial charge in [0, 0.05) is 57.0 Å². The molecule has 142 valence electrons. The number of hydrogen-bond acceptors (Lipinski definition) is 5. The minimum atomic E-state index is -0.393. The summed E-state index contributed by atoms with van der Waals surface area (Å²) in [7, 11) is 2.06. The molecule has 0 aliphatic carbocycles. The molecule has 0 spiro atoms. The molecule has 5 nitrogen and oxygen atoms in total. The molecule has 27 heavy (non-hydrogen) atoms. The molecule has 2 atom stereocenters. The summed E-state index contributed by atoms with van der Waals surface area (Å²) in [5, 5.41) is 12.5. The van der Waals surface area contributed by atoms with Crippen LogP contribution in [0, 0.1) is 0 Å². The third-order valence-corrected chi connectivity index (χ3v) is 6.27. The van der Waals surface area contributed by atoms with Gasteiger partial charge in [-0.15, -0.1) is 11.3 Å². The summed E-state index contributed by atoms with van der Waals surface area (Å²) in [6.07, 6.45) is 3.49. The Morgan fingerprint density at radius 1 is 1.07 bits per heavy atom.